The molecule has 120 valence electrons. The lowest BCUT2D eigenvalue weighted by atomic mass is 10.2. The van der Waals surface area contributed by atoms with Gasteiger partial charge in [0.05, 0.1) is 24.5 Å². The van der Waals surface area contributed by atoms with Crippen LogP contribution < -0.4 is 0 Å². The van der Waals surface area contributed by atoms with Gasteiger partial charge in [-0.25, -0.2) is 8.42 Å². The van der Waals surface area contributed by atoms with Gasteiger partial charge in [-0.15, -0.1) is 0 Å². The molecule has 0 radical (unpaired) electrons. The summed E-state index contributed by atoms with van der Waals surface area (Å²) in [5.74, 6) is 0. The van der Waals surface area contributed by atoms with Crippen LogP contribution in [-0.2, 0) is 16.6 Å². The third kappa shape index (κ3) is 2.98. The molecule has 1 aromatic rings. The number of aryl methyl sites for hydroxylation is 1. The first kappa shape index (κ1) is 16.4. The number of nitrogens with zero attached hydrogens (tertiary/aromatic N) is 4. The van der Waals surface area contributed by atoms with Gasteiger partial charge in [0, 0.05) is 25.7 Å². The molecule has 0 spiro atoms. The average molecular weight is 316 g/mol. The van der Waals surface area contributed by atoms with Crippen LogP contribution in [0.1, 0.15) is 18.3 Å². The number of sulfonamides is 1. The van der Waals surface area contributed by atoms with Crippen molar-refractivity contribution in [2.75, 3.05) is 33.3 Å². The average Bonchev–Trinajstić information content (AvgIpc) is 2.64. The highest BCUT2D eigenvalue weighted by molar-refractivity contribution is 7.89. The molecule has 2 rings (SSSR count). The van der Waals surface area contributed by atoms with Crippen molar-refractivity contribution < 1.29 is 13.5 Å². The molecule has 0 aliphatic carbocycles. The molecular weight excluding hydrogens is 292 g/mol. The molecule has 2 heterocycles. The van der Waals surface area contributed by atoms with Crippen LogP contribution in [0.5, 0.6) is 0 Å². The summed E-state index contributed by atoms with van der Waals surface area (Å²) in [6, 6.07) is -0.0614. The molecule has 1 atom stereocenters. The van der Waals surface area contributed by atoms with Gasteiger partial charge in [0.15, 0.2) is 0 Å². The third-order valence-corrected chi connectivity index (χ3v) is 6.23. The Bertz CT molecular complexity index is 611. The number of likely N-dealkylation sites (N-methyl/N-ethyl adjacent to an activating group) is 1. The summed E-state index contributed by atoms with van der Waals surface area (Å²) in [6.45, 7) is 7.55. The molecule has 7 nitrogen and oxygen atoms in total. The van der Waals surface area contributed by atoms with Gasteiger partial charge < -0.3 is 10.0 Å². The minimum absolute atomic E-state index is 0.0614. The van der Waals surface area contributed by atoms with E-state index in [1.807, 2.05) is 14.0 Å². The first-order chi connectivity index (χ1) is 9.78. The van der Waals surface area contributed by atoms with E-state index in [9.17, 15) is 8.42 Å². The summed E-state index contributed by atoms with van der Waals surface area (Å²) >= 11 is 0. The zero-order valence-corrected chi connectivity index (χ0v) is 13.9. The predicted molar refractivity (Wildman–Crippen MR) is 79.6 cm³/mol. The van der Waals surface area contributed by atoms with Crippen molar-refractivity contribution in [1.29, 1.82) is 0 Å². The number of aliphatic hydroxyl groups is 1. The fraction of sp³-hybridized carbons (Fsp3) is 0.769. The first-order valence-corrected chi connectivity index (χ1v) is 8.58. The van der Waals surface area contributed by atoms with E-state index in [0.717, 1.165) is 13.1 Å². The van der Waals surface area contributed by atoms with Gasteiger partial charge in [-0.05, 0) is 27.8 Å². The summed E-state index contributed by atoms with van der Waals surface area (Å²) < 4.78 is 29.0. The summed E-state index contributed by atoms with van der Waals surface area (Å²) in [5.41, 5.74) is 1.08. The largest absolute Gasteiger partial charge is 0.394 e. The molecule has 8 heteroatoms. The van der Waals surface area contributed by atoms with Crippen LogP contribution in [-0.4, -0.2) is 71.8 Å². The van der Waals surface area contributed by atoms with Crippen LogP contribution in [0, 0.1) is 13.8 Å². The van der Waals surface area contributed by atoms with Crippen LogP contribution in [0.4, 0.5) is 0 Å². The number of piperazine rings is 1. The lowest BCUT2D eigenvalue weighted by Gasteiger charge is -2.37. The molecule has 1 aliphatic rings. The Morgan fingerprint density at radius 2 is 2.00 bits per heavy atom. The molecule has 1 aromatic heterocycles. The molecule has 21 heavy (non-hydrogen) atoms. The Morgan fingerprint density at radius 1 is 1.33 bits per heavy atom. The first-order valence-electron chi connectivity index (χ1n) is 7.14. The second-order valence-corrected chi connectivity index (χ2v) is 7.50. The van der Waals surface area contributed by atoms with Crippen LogP contribution in [0.25, 0.3) is 0 Å². The molecule has 0 bridgehead atoms. The Hall–Kier alpha value is -0.960. The standard InChI is InChI=1S/C13H24N4O3S/c1-10-9-15(4)5-6-17(10)21(19,20)13-11(2)14-16(7-8-18)12(13)3/h10,18H,5-9H2,1-4H3. The van der Waals surface area contributed by atoms with E-state index in [1.165, 1.54) is 0 Å². The predicted octanol–water partition coefficient (Wildman–Crippen LogP) is -0.183. The Kier molecular flexibility index (Phi) is 4.72. The normalized spacial score (nSPS) is 21.9. The number of aliphatic hydroxyl groups excluding tert-OH is 1. The monoisotopic (exact) mass is 316 g/mol. The second-order valence-electron chi connectivity index (χ2n) is 5.67. The van der Waals surface area contributed by atoms with E-state index < -0.39 is 10.0 Å². The highest BCUT2D eigenvalue weighted by atomic mass is 32.2. The summed E-state index contributed by atoms with van der Waals surface area (Å²) in [7, 11) is -1.56. The maximum Gasteiger partial charge on any atom is 0.247 e. The molecule has 1 N–H and O–H groups in total. The molecule has 0 saturated carbocycles. The van der Waals surface area contributed by atoms with Crippen molar-refractivity contribution in [3.05, 3.63) is 11.4 Å². The summed E-state index contributed by atoms with van der Waals surface area (Å²) in [5, 5.41) is 13.3. The highest BCUT2D eigenvalue weighted by Crippen LogP contribution is 2.26. The number of hydrogen-bond acceptors (Lipinski definition) is 5. The lowest BCUT2D eigenvalue weighted by molar-refractivity contribution is 0.170. The van der Waals surface area contributed by atoms with Crippen molar-refractivity contribution in [2.45, 2.75) is 38.3 Å². The fourth-order valence-corrected chi connectivity index (χ4v) is 4.95. The van der Waals surface area contributed by atoms with Crippen molar-refractivity contribution >= 4 is 10.0 Å². The molecule has 0 aromatic carbocycles. The SMILES string of the molecule is Cc1nn(CCO)c(C)c1S(=O)(=O)N1CCN(C)CC1C. The minimum Gasteiger partial charge on any atom is -0.394 e. The maximum absolute atomic E-state index is 13.0. The second kappa shape index (κ2) is 6.04. The van der Waals surface area contributed by atoms with Crippen LogP contribution in [0.3, 0.4) is 0 Å². The maximum atomic E-state index is 13.0. The Labute approximate surface area is 126 Å². The van der Waals surface area contributed by atoms with E-state index in [-0.39, 0.29) is 17.5 Å². The lowest BCUT2D eigenvalue weighted by Crippen LogP contribution is -2.52. The van der Waals surface area contributed by atoms with Gasteiger partial charge in [-0.2, -0.15) is 9.40 Å². The van der Waals surface area contributed by atoms with Gasteiger partial charge in [0.2, 0.25) is 10.0 Å². The van der Waals surface area contributed by atoms with Crippen molar-refractivity contribution in [2.24, 2.45) is 0 Å². The zero-order chi connectivity index (χ0) is 15.8. The van der Waals surface area contributed by atoms with Crippen molar-refractivity contribution in [3.63, 3.8) is 0 Å². The Balaban J connectivity index is 2.40. The van der Waals surface area contributed by atoms with E-state index in [4.69, 9.17) is 5.11 Å². The smallest absolute Gasteiger partial charge is 0.247 e. The van der Waals surface area contributed by atoms with Gasteiger partial charge in [-0.1, -0.05) is 0 Å². The van der Waals surface area contributed by atoms with Crippen molar-refractivity contribution in [1.82, 2.24) is 19.0 Å². The van der Waals surface area contributed by atoms with Crippen LogP contribution in [0.15, 0.2) is 4.90 Å². The quantitative estimate of drug-likeness (QED) is 0.833. The van der Waals surface area contributed by atoms with Gasteiger partial charge in [-0.3, -0.25) is 4.68 Å². The van der Waals surface area contributed by atoms with E-state index in [0.29, 0.717) is 24.5 Å². The van der Waals surface area contributed by atoms with Crippen LogP contribution >= 0.6 is 0 Å². The van der Waals surface area contributed by atoms with Gasteiger partial charge in [0.1, 0.15) is 4.90 Å². The highest BCUT2D eigenvalue weighted by Gasteiger charge is 2.36. The molecule has 1 unspecified atom stereocenters. The van der Waals surface area contributed by atoms with E-state index in [1.54, 1.807) is 22.8 Å². The topological polar surface area (TPSA) is 78.7 Å². The van der Waals surface area contributed by atoms with E-state index >= 15 is 0 Å². The molecule has 1 fully saturated rings. The zero-order valence-electron chi connectivity index (χ0n) is 13.1. The fourth-order valence-electron chi connectivity index (χ4n) is 2.96. The van der Waals surface area contributed by atoms with Crippen LogP contribution in [0.2, 0.25) is 0 Å². The third-order valence-electron chi connectivity index (χ3n) is 3.96. The van der Waals surface area contributed by atoms with E-state index in [2.05, 4.69) is 10.00 Å². The Morgan fingerprint density at radius 3 is 2.57 bits per heavy atom. The van der Waals surface area contributed by atoms with Gasteiger partial charge in [0.25, 0.3) is 0 Å². The number of hydrogen-bond donors (Lipinski definition) is 1. The number of aromatic nitrogens is 2. The molecule has 1 saturated heterocycles. The van der Waals surface area contributed by atoms with Crippen molar-refractivity contribution in [3.8, 4) is 0 Å². The molecule has 1 aliphatic heterocycles. The number of rotatable bonds is 4. The summed E-state index contributed by atoms with van der Waals surface area (Å²) in [4.78, 5) is 2.42. The molecule has 0 amide bonds. The molecular formula is C13H24N4O3S. The summed E-state index contributed by atoms with van der Waals surface area (Å²) in [6.07, 6.45) is 0. The van der Waals surface area contributed by atoms with Gasteiger partial charge >= 0.3 is 0 Å². The minimum atomic E-state index is -3.55.